The van der Waals surface area contributed by atoms with Gasteiger partial charge in [0.25, 0.3) is 0 Å². The monoisotopic (exact) mass is 272 g/mol. The first-order valence-electron chi connectivity index (χ1n) is 6.11. The van der Waals surface area contributed by atoms with Crippen LogP contribution in [0.25, 0.3) is 0 Å². The molecule has 1 aromatic carbocycles. The summed E-state index contributed by atoms with van der Waals surface area (Å²) in [4.78, 5) is 11.7. The number of rotatable bonds is 3. The second-order valence-corrected chi connectivity index (χ2v) is 4.63. The van der Waals surface area contributed by atoms with Crippen LogP contribution in [0.2, 0.25) is 0 Å². The molecule has 0 aromatic heterocycles. The summed E-state index contributed by atoms with van der Waals surface area (Å²) < 4.78 is 37.6. The molecule has 1 atom stereocenters. The van der Waals surface area contributed by atoms with Gasteiger partial charge in [0.1, 0.15) is 0 Å². The largest absolute Gasteiger partial charge is 0.416 e. The number of halogens is 3. The van der Waals surface area contributed by atoms with Crippen LogP contribution in [0, 0.1) is 0 Å². The highest BCUT2D eigenvalue weighted by Gasteiger charge is 2.30. The van der Waals surface area contributed by atoms with E-state index in [0.717, 1.165) is 25.1 Å². The maximum Gasteiger partial charge on any atom is 0.416 e. The molecule has 3 nitrogen and oxygen atoms in total. The lowest BCUT2D eigenvalue weighted by molar-refractivity contribution is -0.137. The molecule has 0 saturated carbocycles. The minimum atomic E-state index is -4.37. The number of carbonyl (C=O) groups is 1. The molecule has 1 unspecified atom stereocenters. The first-order valence-corrected chi connectivity index (χ1v) is 6.11. The molecule has 0 radical (unpaired) electrons. The van der Waals surface area contributed by atoms with Crippen LogP contribution in [-0.4, -0.2) is 25.0 Å². The van der Waals surface area contributed by atoms with Gasteiger partial charge < -0.3 is 10.6 Å². The van der Waals surface area contributed by atoms with Gasteiger partial charge in [0, 0.05) is 12.6 Å². The molecule has 1 amide bonds. The van der Waals surface area contributed by atoms with Crippen molar-refractivity contribution in [3.8, 4) is 0 Å². The number of hydrogen-bond donors (Lipinski definition) is 2. The van der Waals surface area contributed by atoms with Gasteiger partial charge in [-0.25, -0.2) is 0 Å². The van der Waals surface area contributed by atoms with E-state index in [-0.39, 0.29) is 18.4 Å². The Morgan fingerprint density at radius 2 is 2.21 bits per heavy atom. The Morgan fingerprint density at radius 3 is 2.84 bits per heavy atom. The van der Waals surface area contributed by atoms with Crippen molar-refractivity contribution in [2.24, 2.45) is 0 Å². The molecule has 6 heteroatoms. The molecule has 2 rings (SSSR count). The molecule has 19 heavy (non-hydrogen) atoms. The van der Waals surface area contributed by atoms with Gasteiger partial charge in [0.05, 0.1) is 12.0 Å². The first-order chi connectivity index (χ1) is 8.95. The molecule has 0 bridgehead atoms. The molecule has 1 heterocycles. The van der Waals surface area contributed by atoms with E-state index in [1.807, 2.05) is 0 Å². The number of nitrogens with one attached hydrogen (secondary N) is 2. The van der Waals surface area contributed by atoms with E-state index in [9.17, 15) is 18.0 Å². The zero-order chi connectivity index (χ0) is 13.9. The standard InChI is InChI=1S/C13H15F3N2O/c14-13(15,16)10-3-1-2-9(6-10)7-12(19)18-11-4-5-17-8-11/h1-3,6,11,17H,4-5,7-8H2,(H,18,19). The molecule has 0 aliphatic carbocycles. The zero-order valence-corrected chi connectivity index (χ0v) is 10.3. The van der Waals surface area contributed by atoms with E-state index < -0.39 is 11.7 Å². The van der Waals surface area contributed by atoms with Crippen molar-refractivity contribution >= 4 is 5.91 Å². The third kappa shape index (κ3) is 3.96. The van der Waals surface area contributed by atoms with Crippen LogP contribution in [-0.2, 0) is 17.4 Å². The maximum absolute atomic E-state index is 12.5. The smallest absolute Gasteiger partial charge is 0.352 e. The topological polar surface area (TPSA) is 41.1 Å². The van der Waals surface area contributed by atoms with Crippen LogP contribution in [0.5, 0.6) is 0 Å². The van der Waals surface area contributed by atoms with Crippen molar-refractivity contribution in [2.45, 2.75) is 25.1 Å². The number of amides is 1. The Bertz CT molecular complexity index is 453. The van der Waals surface area contributed by atoms with Crippen LogP contribution in [0.4, 0.5) is 13.2 Å². The summed E-state index contributed by atoms with van der Waals surface area (Å²) in [6.45, 7) is 1.57. The summed E-state index contributed by atoms with van der Waals surface area (Å²) in [6.07, 6.45) is -3.55. The van der Waals surface area contributed by atoms with E-state index in [1.54, 1.807) is 0 Å². The van der Waals surface area contributed by atoms with E-state index in [2.05, 4.69) is 10.6 Å². The van der Waals surface area contributed by atoms with Crippen molar-refractivity contribution in [3.63, 3.8) is 0 Å². The molecular formula is C13H15F3N2O. The second kappa shape index (κ2) is 5.61. The maximum atomic E-state index is 12.5. The van der Waals surface area contributed by atoms with Gasteiger partial charge in [-0.1, -0.05) is 18.2 Å². The molecule has 1 aromatic rings. The Kier molecular flexibility index (Phi) is 4.09. The van der Waals surface area contributed by atoms with E-state index >= 15 is 0 Å². The van der Waals surface area contributed by atoms with Gasteiger partial charge in [-0.05, 0) is 24.6 Å². The third-order valence-corrected chi connectivity index (χ3v) is 3.04. The Labute approximate surface area is 109 Å². The van der Waals surface area contributed by atoms with Crippen LogP contribution in [0.1, 0.15) is 17.5 Å². The number of hydrogen-bond acceptors (Lipinski definition) is 2. The summed E-state index contributed by atoms with van der Waals surface area (Å²) >= 11 is 0. The van der Waals surface area contributed by atoms with E-state index in [1.165, 1.54) is 12.1 Å². The fraction of sp³-hybridized carbons (Fsp3) is 0.462. The Hall–Kier alpha value is -1.56. The van der Waals surface area contributed by atoms with Crippen molar-refractivity contribution in [2.75, 3.05) is 13.1 Å². The fourth-order valence-corrected chi connectivity index (χ4v) is 2.10. The minimum absolute atomic E-state index is 0.0274. The highest BCUT2D eigenvalue weighted by molar-refractivity contribution is 5.79. The molecule has 1 aliphatic rings. The normalized spacial score (nSPS) is 19.4. The van der Waals surface area contributed by atoms with Crippen LogP contribution in [0.15, 0.2) is 24.3 Å². The lowest BCUT2D eigenvalue weighted by Crippen LogP contribution is -2.37. The summed E-state index contributed by atoms with van der Waals surface area (Å²) in [5, 5.41) is 5.91. The van der Waals surface area contributed by atoms with Gasteiger partial charge in [-0.2, -0.15) is 13.2 Å². The summed E-state index contributed by atoms with van der Waals surface area (Å²) in [6, 6.07) is 4.96. The van der Waals surface area contributed by atoms with Crippen molar-refractivity contribution in [1.82, 2.24) is 10.6 Å². The Balaban J connectivity index is 1.96. The van der Waals surface area contributed by atoms with Crippen LogP contribution >= 0.6 is 0 Å². The third-order valence-electron chi connectivity index (χ3n) is 3.04. The van der Waals surface area contributed by atoms with Crippen molar-refractivity contribution in [1.29, 1.82) is 0 Å². The lowest BCUT2D eigenvalue weighted by atomic mass is 10.1. The lowest BCUT2D eigenvalue weighted by Gasteiger charge is -2.12. The average molecular weight is 272 g/mol. The van der Waals surface area contributed by atoms with Gasteiger partial charge in [0.15, 0.2) is 0 Å². The first kappa shape index (κ1) is 13.9. The summed E-state index contributed by atoms with van der Waals surface area (Å²) in [5.41, 5.74) is -0.349. The number of alkyl halides is 3. The summed E-state index contributed by atoms with van der Waals surface area (Å²) in [7, 11) is 0. The number of benzene rings is 1. The van der Waals surface area contributed by atoms with Crippen LogP contribution < -0.4 is 10.6 Å². The second-order valence-electron chi connectivity index (χ2n) is 4.63. The predicted molar refractivity (Wildman–Crippen MR) is 64.6 cm³/mol. The van der Waals surface area contributed by atoms with E-state index in [4.69, 9.17) is 0 Å². The highest BCUT2D eigenvalue weighted by Crippen LogP contribution is 2.29. The van der Waals surface area contributed by atoms with Gasteiger partial charge in [0.2, 0.25) is 5.91 Å². The van der Waals surface area contributed by atoms with Gasteiger partial charge in [-0.15, -0.1) is 0 Å². The summed E-state index contributed by atoms with van der Waals surface area (Å²) in [5.74, 6) is -0.243. The average Bonchev–Trinajstić information content (AvgIpc) is 2.80. The fourth-order valence-electron chi connectivity index (χ4n) is 2.10. The van der Waals surface area contributed by atoms with Crippen molar-refractivity contribution < 1.29 is 18.0 Å². The molecule has 1 fully saturated rings. The zero-order valence-electron chi connectivity index (χ0n) is 10.3. The van der Waals surface area contributed by atoms with Crippen LogP contribution in [0.3, 0.4) is 0 Å². The van der Waals surface area contributed by atoms with E-state index in [0.29, 0.717) is 12.1 Å². The SMILES string of the molecule is O=C(Cc1cccc(C(F)(F)F)c1)NC1CCNC1. The highest BCUT2D eigenvalue weighted by atomic mass is 19.4. The molecule has 104 valence electrons. The number of carbonyl (C=O) groups excluding carboxylic acids is 1. The minimum Gasteiger partial charge on any atom is -0.352 e. The van der Waals surface area contributed by atoms with Gasteiger partial charge in [-0.3, -0.25) is 4.79 Å². The van der Waals surface area contributed by atoms with Crippen molar-refractivity contribution in [3.05, 3.63) is 35.4 Å². The molecule has 2 N–H and O–H groups in total. The van der Waals surface area contributed by atoms with Gasteiger partial charge >= 0.3 is 6.18 Å². The Morgan fingerprint density at radius 1 is 1.42 bits per heavy atom. The quantitative estimate of drug-likeness (QED) is 0.879. The predicted octanol–water partition coefficient (Wildman–Crippen LogP) is 1.73. The molecule has 0 spiro atoms. The molecule has 1 aliphatic heterocycles. The molecule has 1 saturated heterocycles. The molecular weight excluding hydrogens is 257 g/mol.